The maximum absolute atomic E-state index is 5.49. The van der Waals surface area contributed by atoms with E-state index < -0.39 is 0 Å². The molecule has 0 N–H and O–H groups in total. The van der Waals surface area contributed by atoms with Crippen LogP contribution in [0.1, 0.15) is 20.8 Å². The molecule has 0 aromatic rings. The minimum Gasteiger partial charge on any atom is -0.498 e. The van der Waals surface area contributed by atoms with Gasteiger partial charge in [0.15, 0.2) is 6.10 Å². The number of ether oxygens (including phenoxy) is 3. The van der Waals surface area contributed by atoms with Gasteiger partial charge < -0.3 is 14.2 Å². The Morgan fingerprint density at radius 1 is 1.08 bits per heavy atom. The molecule has 0 rings (SSSR count). The fraction of sp³-hybridized carbons (Fsp3) is 0.600. The molecule has 3 heteroatoms. The molecule has 1 unspecified atom stereocenters. The average Bonchev–Trinajstić information content (AvgIpc) is 2.14. The van der Waals surface area contributed by atoms with E-state index in [0.29, 0.717) is 5.76 Å². The van der Waals surface area contributed by atoms with Gasteiger partial charge in [0.25, 0.3) is 0 Å². The van der Waals surface area contributed by atoms with E-state index in [9.17, 15) is 0 Å². The van der Waals surface area contributed by atoms with Crippen molar-refractivity contribution >= 4 is 0 Å². The highest BCUT2D eigenvalue weighted by Gasteiger charge is 2.09. The first-order valence-corrected chi connectivity index (χ1v) is 4.13. The quantitative estimate of drug-likeness (QED) is 0.617. The summed E-state index contributed by atoms with van der Waals surface area (Å²) < 4.78 is 15.4. The van der Waals surface area contributed by atoms with Crippen molar-refractivity contribution in [2.75, 3.05) is 14.2 Å². The average molecular weight is 186 g/mol. The molecule has 1 atom stereocenters. The summed E-state index contributed by atoms with van der Waals surface area (Å²) in [6.07, 6.45) is -0.157. The molecule has 3 nitrogen and oxygen atoms in total. The first-order chi connectivity index (χ1) is 6.02. The van der Waals surface area contributed by atoms with Crippen molar-refractivity contribution in [1.82, 2.24) is 0 Å². The van der Waals surface area contributed by atoms with E-state index in [1.54, 1.807) is 14.2 Å². The summed E-state index contributed by atoms with van der Waals surface area (Å²) in [4.78, 5) is 0. The predicted molar refractivity (Wildman–Crippen MR) is 52.1 cm³/mol. The molecule has 0 aliphatic rings. The third-order valence-corrected chi connectivity index (χ3v) is 1.87. The summed E-state index contributed by atoms with van der Waals surface area (Å²) in [5.41, 5.74) is 0. The summed E-state index contributed by atoms with van der Waals surface area (Å²) >= 11 is 0. The topological polar surface area (TPSA) is 27.7 Å². The highest BCUT2D eigenvalue weighted by molar-refractivity contribution is 4.99. The second kappa shape index (κ2) is 5.51. The molecule has 0 radical (unpaired) electrons. The van der Waals surface area contributed by atoms with Gasteiger partial charge in [-0.05, 0) is 20.8 Å². The van der Waals surface area contributed by atoms with E-state index in [4.69, 9.17) is 14.2 Å². The molecule has 0 aromatic heterocycles. The van der Waals surface area contributed by atoms with Gasteiger partial charge in [-0.1, -0.05) is 6.58 Å². The highest BCUT2D eigenvalue weighted by Crippen LogP contribution is 2.13. The molecule has 0 aliphatic heterocycles. The second-order valence-electron chi connectivity index (χ2n) is 2.75. The normalized spacial score (nSPS) is 14.2. The number of hydrogen-bond donors (Lipinski definition) is 0. The zero-order chi connectivity index (χ0) is 10.4. The van der Waals surface area contributed by atoms with Gasteiger partial charge in [-0.2, -0.15) is 0 Å². The standard InChI is InChI=1S/C10H18O3/c1-7(11-5)9(3)13-10(4)8(2)12-6/h9H,1H2,2-6H3. The van der Waals surface area contributed by atoms with E-state index in [0.717, 1.165) is 11.5 Å². The number of hydrogen-bond acceptors (Lipinski definition) is 3. The first kappa shape index (κ1) is 11.9. The van der Waals surface area contributed by atoms with E-state index in [2.05, 4.69) is 6.58 Å². The minimum absolute atomic E-state index is 0.157. The molecule has 76 valence electrons. The summed E-state index contributed by atoms with van der Waals surface area (Å²) in [6, 6.07) is 0. The van der Waals surface area contributed by atoms with Crippen LogP contribution in [-0.4, -0.2) is 20.3 Å². The summed E-state index contributed by atoms with van der Waals surface area (Å²) in [7, 11) is 3.18. The molecule has 0 amide bonds. The lowest BCUT2D eigenvalue weighted by Gasteiger charge is -2.17. The summed E-state index contributed by atoms with van der Waals surface area (Å²) in [6.45, 7) is 9.26. The Kier molecular flexibility index (Phi) is 5.04. The SMILES string of the molecule is C=C(OC)C(C)OC(C)=C(C)OC. The van der Waals surface area contributed by atoms with Crippen LogP contribution < -0.4 is 0 Å². The van der Waals surface area contributed by atoms with Crippen LogP contribution in [-0.2, 0) is 14.2 Å². The van der Waals surface area contributed by atoms with Crippen molar-refractivity contribution in [3.63, 3.8) is 0 Å². The Hall–Kier alpha value is -1.12. The van der Waals surface area contributed by atoms with Gasteiger partial charge in [-0.3, -0.25) is 0 Å². The molecular weight excluding hydrogens is 168 g/mol. The largest absolute Gasteiger partial charge is 0.498 e. The maximum atomic E-state index is 5.49. The van der Waals surface area contributed by atoms with Gasteiger partial charge in [0.05, 0.1) is 14.2 Å². The molecule has 0 fully saturated rings. The van der Waals surface area contributed by atoms with Crippen molar-refractivity contribution in [2.45, 2.75) is 26.9 Å². The van der Waals surface area contributed by atoms with Gasteiger partial charge in [0.1, 0.15) is 17.3 Å². The fourth-order valence-electron chi connectivity index (χ4n) is 0.724. The number of rotatable bonds is 5. The molecule has 13 heavy (non-hydrogen) atoms. The third-order valence-electron chi connectivity index (χ3n) is 1.87. The fourth-order valence-corrected chi connectivity index (χ4v) is 0.724. The Balaban J connectivity index is 4.21. The van der Waals surface area contributed by atoms with Crippen LogP contribution in [0, 0.1) is 0 Å². The lowest BCUT2D eigenvalue weighted by atomic mass is 10.3. The molecule has 0 heterocycles. The molecule has 0 aliphatic carbocycles. The third kappa shape index (κ3) is 3.87. The van der Waals surface area contributed by atoms with Crippen LogP contribution >= 0.6 is 0 Å². The minimum atomic E-state index is -0.157. The summed E-state index contributed by atoms with van der Waals surface area (Å²) in [5.74, 6) is 2.10. The van der Waals surface area contributed by atoms with Crippen LogP contribution in [0.25, 0.3) is 0 Å². The molecule has 0 spiro atoms. The van der Waals surface area contributed by atoms with Gasteiger partial charge in [-0.15, -0.1) is 0 Å². The number of methoxy groups -OCH3 is 2. The van der Waals surface area contributed by atoms with Crippen LogP contribution in [0.15, 0.2) is 23.9 Å². The van der Waals surface area contributed by atoms with Crippen molar-refractivity contribution in [3.05, 3.63) is 23.9 Å². The molecule has 0 saturated carbocycles. The van der Waals surface area contributed by atoms with Crippen LogP contribution in [0.2, 0.25) is 0 Å². The van der Waals surface area contributed by atoms with Gasteiger partial charge >= 0.3 is 0 Å². The lowest BCUT2D eigenvalue weighted by Crippen LogP contribution is -2.11. The van der Waals surface area contributed by atoms with Gasteiger partial charge in [0, 0.05) is 0 Å². The lowest BCUT2D eigenvalue weighted by molar-refractivity contribution is 0.0918. The predicted octanol–water partition coefficient (Wildman–Crippen LogP) is 2.45. The first-order valence-electron chi connectivity index (χ1n) is 4.13. The van der Waals surface area contributed by atoms with Crippen molar-refractivity contribution < 1.29 is 14.2 Å². The van der Waals surface area contributed by atoms with Gasteiger partial charge in [-0.25, -0.2) is 0 Å². The van der Waals surface area contributed by atoms with Crippen molar-refractivity contribution in [3.8, 4) is 0 Å². The monoisotopic (exact) mass is 186 g/mol. The smallest absolute Gasteiger partial charge is 0.152 e. The van der Waals surface area contributed by atoms with E-state index in [1.807, 2.05) is 20.8 Å². The zero-order valence-corrected chi connectivity index (χ0v) is 9.01. The Morgan fingerprint density at radius 3 is 2.00 bits per heavy atom. The van der Waals surface area contributed by atoms with Crippen LogP contribution in [0.5, 0.6) is 0 Å². The molecular formula is C10H18O3. The Bertz CT molecular complexity index is 206. The van der Waals surface area contributed by atoms with Crippen molar-refractivity contribution in [2.24, 2.45) is 0 Å². The van der Waals surface area contributed by atoms with Gasteiger partial charge in [0.2, 0.25) is 0 Å². The molecule has 0 aromatic carbocycles. The Labute approximate surface area is 80.0 Å². The van der Waals surface area contributed by atoms with E-state index in [-0.39, 0.29) is 6.10 Å². The highest BCUT2D eigenvalue weighted by atomic mass is 16.5. The van der Waals surface area contributed by atoms with Crippen molar-refractivity contribution in [1.29, 1.82) is 0 Å². The maximum Gasteiger partial charge on any atom is 0.152 e. The van der Waals surface area contributed by atoms with Crippen LogP contribution in [0.4, 0.5) is 0 Å². The molecule has 0 bridgehead atoms. The molecule has 0 saturated heterocycles. The van der Waals surface area contributed by atoms with Crippen LogP contribution in [0.3, 0.4) is 0 Å². The van der Waals surface area contributed by atoms with E-state index in [1.165, 1.54) is 0 Å². The Morgan fingerprint density at radius 2 is 1.62 bits per heavy atom. The second-order valence-corrected chi connectivity index (χ2v) is 2.75. The zero-order valence-electron chi connectivity index (χ0n) is 9.01. The summed E-state index contributed by atoms with van der Waals surface area (Å²) in [5, 5.41) is 0. The van der Waals surface area contributed by atoms with E-state index >= 15 is 0 Å². The number of allylic oxidation sites excluding steroid dienone is 2.